The fourth-order valence-corrected chi connectivity index (χ4v) is 4.30. The van der Waals surface area contributed by atoms with Gasteiger partial charge < -0.3 is 15.5 Å². The fourth-order valence-electron chi connectivity index (χ4n) is 2.87. The third-order valence-electron chi connectivity index (χ3n) is 4.00. The zero-order chi connectivity index (χ0) is 16.7. The van der Waals surface area contributed by atoms with E-state index in [1.807, 2.05) is 27.7 Å². The molecule has 2 N–H and O–H groups in total. The summed E-state index contributed by atoms with van der Waals surface area (Å²) in [5.41, 5.74) is -0.344. The molecule has 2 heterocycles. The summed E-state index contributed by atoms with van der Waals surface area (Å²) < 4.78 is 0. The fraction of sp³-hybridized carbons (Fsp3) is 0.800. The van der Waals surface area contributed by atoms with E-state index in [2.05, 4.69) is 10.6 Å². The minimum atomic E-state index is -0.624. The summed E-state index contributed by atoms with van der Waals surface area (Å²) in [6.07, 6.45) is 1.27. The molecule has 2 rings (SSSR count). The zero-order valence-electron chi connectivity index (χ0n) is 13.9. The van der Waals surface area contributed by atoms with E-state index >= 15 is 0 Å². The van der Waals surface area contributed by atoms with Gasteiger partial charge in [-0.3, -0.25) is 14.4 Å². The number of hydrogen-bond donors (Lipinski definition) is 2. The molecule has 3 unspecified atom stereocenters. The maximum atomic E-state index is 12.5. The van der Waals surface area contributed by atoms with Crippen LogP contribution in [0.25, 0.3) is 0 Å². The van der Waals surface area contributed by atoms with Crippen LogP contribution in [0.1, 0.15) is 47.5 Å². The first-order chi connectivity index (χ1) is 10.0. The third kappa shape index (κ3) is 3.39. The topological polar surface area (TPSA) is 78.5 Å². The van der Waals surface area contributed by atoms with E-state index in [1.165, 1.54) is 0 Å². The molecule has 0 aliphatic carbocycles. The average molecular weight is 327 g/mol. The highest BCUT2D eigenvalue weighted by molar-refractivity contribution is 8.01. The van der Waals surface area contributed by atoms with Gasteiger partial charge in [-0.25, -0.2) is 0 Å². The van der Waals surface area contributed by atoms with Crippen LogP contribution in [0, 0.1) is 0 Å². The van der Waals surface area contributed by atoms with E-state index in [4.69, 9.17) is 0 Å². The molecule has 7 heteroatoms. The summed E-state index contributed by atoms with van der Waals surface area (Å²) in [6, 6.07) is -1.10. The van der Waals surface area contributed by atoms with E-state index in [9.17, 15) is 14.4 Å². The number of nitrogens with zero attached hydrogens (tertiary/aromatic N) is 1. The molecule has 2 aliphatic heterocycles. The monoisotopic (exact) mass is 327 g/mol. The lowest BCUT2D eigenvalue weighted by Gasteiger charge is -2.30. The Hall–Kier alpha value is -1.24. The van der Waals surface area contributed by atoms with E-state index in [0.717, 1.165) is 6.42 Å². The highest BCUT2D eigenvalue weighted by Crippen LogP contribution is 2.47. The number of carbonyl (C=O) groups is 3. The molecular formula is C15H25N3O3S. The molecule has 22 heavy (non-hydrogen) atoms. The Morgan fingerprint density at radius 1 is 1.41 bits per heavy atom. The Morgan fingerprint density at radius 3 is 2.64 bits per heavy atom. The molecule has 6 nitrogen and oxygen atoms in total. The summed E-state index contributed by atoms with van der Waals surface area (Å²) in [5.74, 6) is 0.145. The molecule has 0 aromatic heterocycles. The maximum absolute atomic E-state index is 12.5. The second kappa shape index (κ2) is 5.76. The Morgan fingerprint density at radius 2 is 2.05 bits per heavy atom. The molecule has 0 spiro atoms. The molecule has 3 amide bonds. The number of carbonyl (C=O) groups excluding carboxylic acids is 3. The molecule has 0 bridgehead atoms. The van der Waals surface area contributed by atoms with Crippen LogP contribution >= 0.6 is 11.8 Å². The van der Waals surface area contributed by atoms with Gasteiger partial charge in [0.05, 0.1) is 4.87 Å². The van der Waals surface area contributed by atoms with Crippen LogP contribution in [0.15, 0.2) is 0 Å². The van der Waals surface area contributed by atoms with Gasteiger partial charge >= 0.3 is 0 Å². The quantitative estimate of drug-likeness (QED) is 0.806. The van der Waals surface area contributed by atoms with Crippen molar-refractivity contribution in [2.24, 2.45) is 0 Å². The Labute approximate surface area is 135 Å². The van der Waals surface area contributed by atoms with Gasteiger partial charge in [0.15, 0.2) is 0 Å². The molecule has 124 valence electrons. The van der Waals surface area contributed by atoms with Gasteiger partial charge in [0, 0.05) is 17.7 Å². The molecule has 2 fully saturated rings. The Kier molecular flexibility index (Phi) is 4.48. The predicted molar refractivity (Wildman–Crippen MR) is 86.2 cm³/mol. The lowest BCUT2D eigenvalue weighted by molar-refractivity contribution is -0.139. The lowest BCUT2D eigenvalue weighted by atomic mass is 10.1. The smallest absolute Gasteiger partial charge is 0.244 e. The first kappa shape index (κ1) is 17.1. The third-order valence-corrected chi connectivity index (χ3v) is 5.50. The van der Waals surface area contributed by atoms with Gasteiger partial charge in [0.1, 0.15) is 12.1 Å². The molecule has 0 radical (unpaired) electrons. The van der Waals surface area contributed by atoms with Crippen LogP contribution in [0.5, 0.6) is 0 Å². The summed E-state index contributed by atoms with van der Waals surface area (Å²) >= 11 is 1.64. The molecular weight excluding hydrogens is 302 g/mol. The van der Waals surface area contributed by atoms with Crippen molar-refractivity contribution >= 4 is 29.5 Å². The number of thioether (sulfide) groups is 1. The molecule has 2 saturated heterocycles. The van der Waals surface area contributed by atoms with Crippen molar-refractivity contribution in [1.82, 2.24) is 15.5 Å². The van der Waals surface area contributed by atoms with Crippen molar-refractivity contribution in [2.45, 2.75) is 70.0 Å². The highest BCUT2D eigenvalue weighted by atomic mass is 32.2. The van der Waals surface area contributed by atoms with Gasteiger partial charge in [-0.2, -0.15) is 0 Å². The number of hydrogen-bond acceptors (Lipinski definition) is 4. The van der Waals surface area contributed by atoms with Crippen LogP contribution in [0.3, 0.4) is 0 Å². The van der Waals surface area contributed by atoms with E-state index < -0.39 is 12.1 Å². The first-order valence-corrected chi connectivity index (χ1v) is 8.60. The van der Waals surface area contributed by atoms with Crippen LogP contribution in [0.4, 0.5) is 0 Å². The Bertz CT molecular complexity index is 503. The van der Waals surface area contributed by atoms with Crippen molar-refractivity contribution in [2.75, 3.05) is 5.75 Å². The summed E-state index contributed by atoms with van der Waals surface area (Å²) in [5, 5.41) is 5.57. The van der Waals surface area contributed by atoms with Crippen molar-refractivity contribution in [3.8, 4) is 0 Å². The largest absolute Gasteiger partial charge is 0.350 e. The van der Waals surface area contributed by atoms with Gasteiger partial charge in [-0.1, -0.05) is 0 Å². The number of fused-ring (bicyclic) bond motifs is 1. The maximum Gasteiger partial charge on any atom is 0.244 e. The Balaban J connectivity index is 1.98. The van der Waals surface area contributed by atoms with Crippen molar-refractivity contribution in [3.05, 3.63) is 0 Å². The number of nitrogens with one attached hydrogen (secondary N) is 2. The van der Waals surface area contributed by atoms with Crippen LogP contribution in [-0.4, -0.2) is 50.9 Å². The van der Waals surface area contributed by atoms with Crippen molar-refractivity contribution < 1.29 is 14.4 Å². The van der Waals surface area contributed by atoms with Gasteiger partial charge in [0.25, 0.3) is 0 Å². The van der Waals surface area contributed by atoms with E-state index in [1.54, 1.807) is 23.6 Å². The van der Waals surface area contributed by atoms with Crippen LogP contribution in [-0.2, 0) is 14.4 Å². The van der Waals surface area contributed by atoms with Crippen molar-refractivity contribution in [1.29, 1.82) is 0 Å². The van der Waals surface area contributed by atoms with Crippen LogP contribution < -0.4 is 10.6 Å². The summed E-state index contributed by atoms with van der Waals surface area (Å²) in [6.45, 7) is 9.34. The SMILES string of the molecule is CC(NC(=O)C1CSC2(C)CCC(=O)N12)C(=O)NC(C)(C)C. The van der Waals surface area contributed by atoms with Gasteiger partial charge in [0.2, 0.25) is 17.7 Å². The average Bonchev–Trinajstić information content (AvgIpc) is 2.85. The highest BCUT2D eigenvalue weighted by Gasteiger charge is 2.53. The van der Waals surface area contributed by atoms with E-state index in [-0.39, 0.29) is 28.1 Å². The second-order valence-electron chi connectivity index (χ2n) is 7.24. The predicted octanol–water partition coefficient (Wildman–Crippen LogP) is 0.860. The van der Waals surface area contributed by atoms with Gasteiger partial charge in [-0.15, -0.1) is 11.8 Å². The summed E-state index contributed by atoms with van der Waals surface area (Å²) in [4.78, 5) is 38.0. The number of amides is 3. The lowest BCUT2D eigenvalue weighted by Crippen LogP contribution is -2.56. The summed E-state index contributed by atoms with van der Waals surface area (Å²) in [7, 11) is 0. The van der Waals surface area contributed by atoms with E-state index in [0.29, 0.717) is 12.2 Å². The molecule has 2 aliphatic rings. The van der Waals surface area contributed by atoms with Gasteiger partial charge in [-0.05, 0) is 41.0 Å². The minimum absolute atomic E-state index is 0.0273. The molecule has 0 aromatic rings. The first-order valence-electron chi connectivity index (χ1n) is 7.62. The van der Waals surface area contributed by atoms with Crippen molar-refractivity contribution in [3.63, 3.8) is 0 Å². The van der Waals surface area contributed by atoms with Crippen LogP contribution in [0.2, 0.25) is 0 Å². The zero-order valence-corrected chi connectivity index (χ0v) is 14.7. The number of rotatable bonds is 3. The standard InChI is InChI=1S/C15H25N3O3S/c1-9(12(20)17-14(2,3)4)16-13(21)10-8-22-15(5)7-6-11(19)18(10)15/h9-10H,6-8H2,1-5H3,(H,16,21)(H,17,20). The molecule has 0 aromatic carbocycles. The molecule has 3 atom stereocenters. The second-order valence-corrected chi connectivity index (χ2v) is 8.74. The minimum Gasteiger partial charge on any atom is -0.350 e. The normalized spacial score (nSPS) is 29.2. The molecule has 0 saturated carbocycles.